The van der Waals surface area contributed by atoms with E-state index in [1.54, 1.807) is 12.1 Å². The summed E-state index contributed by atoms with van der Waals surface area (Å²) < 4.78 is 6.02. The molecule has 1 atom stereocenters. The average molecular weight is 420 g/mol. The van der Waals surface area contributed by atoms with Crippen LogP contribution in [0.2, 0.25) is 5.02 Å². The van der Waals surface area contributed by atoms with Crippen LogP contribution in [0.15, 0.2) is 45.6 Å². The maximum atomic E-state index is 11.1. The van der Waals surface area contributed by atoms with E-state index in [2.05, 4.69) is 27.6 Å². The minimum Gasteiger partial charge on any atom is -0.408 e. The first-order chi connectivity index (χ1) is 9.54. The zero-order valence-electron chi connectivity index (χ0n) is 9.99. The van der Waals surface area contributed by atoms with E-state index in [-0.39, 0.29) is 5.38 Å². The summed E-state index contributed by atoms with van der Waals surface area (Å²) in [6, 6.07) is 11.1. The molecule has 0 saturated heterocycles. The molecular weight excluding hydrogens is 412 g/mol. The van der Waals surface area contributed by atoms with E-state index in [9.17, 15) is 4.79 Å². The third-order valence-electron chi connectivity index (χ3n) is 2.97. The highest BCUT2D eigenvalue weighted by Crippen LogP contribution is 2.32. The van der Waals surface area contributed by atoms with Gasteiger partial charge in [-0.2, -0.15) is 0 Å². The van der Waals surface area contributed by atoms with Crippen molar-refractivity contribution in [2.45, 2.75) is 5.38 Å². The summed E-state index contributed by atoms with van der Waals surface area (Å²) in [6.45, 7) is 0. The highest BCUT2D eigenvalue weighted by molar-refractivity contribution is 14.1. The number of benzene rings is 2. The van der Waals surface area contributed by atoms with Crippen LogP contribution < -0.4 is 5.76 Å². The van der Waals surface area contributed by atoms with Crippen molar-refractivity contribution in [1.82, 2.24) is 4.98 Å². The third-order valence-corrected chi connectivity index (χ3v) is 5.05. The summed E-state index contributed by atoms with van der Waals surface area (Å²) in [6.07, 6.45) is 0. The van der Waals surface area contributed by atoms with Crippen molar-refractivity contribution in [1.29, 1.82) is 0 Å². The second-order valence-corrected chi connectivity index (χ2v) is 6.31. The quantitative estimate of drug-likeness (QED) is 0.483. The van der Waals surface area contributed by atoms with Gasteiger partial charge in [0.05, 0.1) is 15.9 Å². The summed E-state index contributed by atoms with van der Waals surface area (Å²) in [5, 5.41) is 0.317. The molecule has 1 aromatic heterocycles. The van der Waals surface area contributed by atoms with Gasteiger partial charge in [-0.05, 0) is 58.0 Å². The number of fused-ring (bicyclic) bond motifs is 1. The predicted molar refractivity (Wildman–Crippen MR) is 88.7 cm³/mol. The number of halogens is 3. The third kappa shape index (κ3) is 2.60. The van der Waals surface area contributed by atoms with Gasteiger partial charge in [0.25, 0.3) is 0 Å². The molecule has 0 bridgehead atoms. The van der Waals surface area contributed by atoms with Crippen LogP contribution in [0.4, 0.5) is 0 Å². The molecule has 0 aliphatic carbocycles. The Morgan fingerprint density at radius 3 is 2.60 bits per heavy atom. The Hall–Kier alpha value is -0.980. The van der Waals surface area contributed by atoms with Gasteiger partial charge in [0, 0.05) is 3.57 Å². The van der Waals surface area contributed by atoms with Crippen molar-refractivity contribution in [2.75, 3.05) is 0 Å². The molecule has 0 fully saturated rings. The van der Waals surface area contributed by atoms with Crippen molar-refractivity contribution in [3.05, 3.63) is 66.7 Å². The van der Waals surface area contributed by atoms with Gasteiger partial charge < -0.3 is 4.42 Å². The van der Waals surface area contributed by atoms with Crippen LogP contribution in [0.3, 0.4) is 0 Å². The van der Waals surface area contributed by atoms with Crippen LogP contribution in [-0.4, -0.2) is 4.98 Å². The summed E-state index contributed by atoms with van der Waals surface area (Å²) in [7, 11) is 0. The average Bonchev–Trinajstić information content (AvgIpc) is 2.80. The standard InChI is InChI=1S/C14H8Cl2INO2/c15-9-5-7(1-3-10(9)17)13(16)8-2-4-11-12(6-8)20-14(19)18-11/h1-6,13H,(H,18,19). The van der Waals surface area contributed by atoms with Gasteiger partial charge in [-0.15, -0.1) is 11.6 Å². The maximum absolute atomic E-state index is 11.1. The first-order valence-electron chi connectivity index (χ1n) is 5.76. The number of hydrogen-bond donors (Lipinski definition) is 1. The smallest absolute Gasteiger partial charge is 0.408 e. The van der Waals surface area contributed by atoms with Crippen LogP contribution in [0, 0.1) is 3.57 Å². The fourth-order valence-corrected chi connectivity index (χ4v) is 2.78. The summed E-state index contributed by atoms with van der Waals surface area (Å²) in [4.78, 5) is 13.7. The van der Waals surface area contributed by atoms with Crippen LogP contribution in [0.25, 0.3) is 11.1 Å². The molecule has 1 N–H and O–H groups in total. The number of aromatic nitrogens is 1. The lowest BCUT2D eigenvalue weighted by Crippen LogP contribution is -1.93. The van der Waals surface area contributed by atoms with Crippen molar-refractivity contribution in [2.24, 2.45) is 0 Å². The fourth-order valence-electron chi connectivity index (χ4n) is 1.98. The minimum absolute atomic E-state index is 0.353. The molecular formula is C14H8Cl2INO2. The van der Waals surface area contributed by atoms with Crippen LogP contribution in [0.5, 0.6) is 0 Å². The largest absolute Gasteiger partial charge is 0.417 e. The number of oxazole rings is 1. The van der Waals surface area contributed by atoms with Crippen molar-refractivity contribution < 1.29 is 4.42 Å². The molecule has 1 unspecified atom stereocenters. The van der Waals surface area contributed by atoms with Gasteiger partial charge in [0.15, 0.2) is 5.58 Å². The van der Waals surface area contributed by atoms with Crippen molar-refractivity contribution >= 4 is 56.9 Å². The summed E-state index contributed by atoms with van der Waals surface area (Å²) in [5.41, 5.74) is 2.89. The topological polar surface area (TPSA) is 46.0 Å². The van der Waals surface area contributed by atoms with Crippen LogP contribution >= 0.6 is 45.8 Å². The zero-order valence-corrected chi connectivity index (χ0v) is 13.7. The van der Waals surface area contributed by atoms with Gasteiger partial charge in [-0.3, -0.25) is 4.98 Å². The van der Waals surface area contributed by atoms with E-state index in [1.165, 1.54) is 0 Å². The molecule has 6 heteroatoms. The van der Waals surface area contributed by atoms with Crippen molar-refractivity contribution in [3.63, 3.8) is 0 Å². The second kappa shape index (κ2) is 5.42. The lowest BCUT2D eigenvalue weighted by atomic mass is 10.0. The number of hydrogen-bond acceptors (Lipinski definition) is 2. The summed E-state index contributed by atoms with van der Waals surface area (Å²) >= 11 is 14.7. The van der Waals surface area contributed by atoms with Gasteiger partial charge in [-0.25, -0.2) is 4.79 Å². The SMILES string of the molecule is O=c1[nH]c2ccc(C(Cl)c3ccc(I)c(Cl)c3)cc2o1. The van der Waals surface area contributed by atoms with Crippen molar-refractivity contribution in [3.8, 4) is 0 Å². The lowest BCUT2D eigenvalue weighted by molar-refractivity contribution is 0.555. The van der Waals surface area contributed by atoms with E-state index in [0.717, 1.165) is 14.7 Å². The minimum atomic E-state index is -0.472. The number of H-pyrrole nitrogens is 1. The number of aromatic amines is 1. The normalized spacial score (nSPS) is 12.8. The number of rotatable bonds is 2. The second-order valence-electron chi connectivity index (χ2n) is 4.31. The Bertz CT molecular complexity index is 841. The molecule has 0 aliphatic rings. The fraction of sp³-hybridized carbons (Fsp3) is 0.0714. The molecule has 20 heavy (non-hydrogen) atoms. The molecule has 1 heterocycles. The van der Waals surface area contributed by atoms with Crippen LogP contribution in [0.1, 0.15) is 16.5 Å². The predicted octanol–water partition coefficient (Wildman–Crippen LogP) is 4.71. The van der Waals surface area contributed by atoms with E-state index < -0.39 is 5.76 Å². The van der Waals surface area contributed by atoms with Gasteiger partial charge in [-0.1, -0.05) is 23.7 Å². The Balaban J connectivity index is 2.04. The zero-order chi connectivity index (χ0) is 14.3. The first-order valence-corrected chi connectivity index (χ1v) is 7.66. The monoisotopic (exact) mass is 419 g/mol. The molecule has 3 nitrogen and oxygen atoms in total. The highest BCUT2D eigenvalue weighted by Gasteiger charge is 2.14. The molecule has 0 spiro atoms. The number of nitrogens with one attached hydrogen (secondary N) is 1. The Labute approximate surface area is 138 Å². The molecule has 0 amide bonds. The molecule has 102 valence electrons. The molecule has 0 aliphatic heterocycles. The summed E-state index contributed by atoms with van der Waals surface area (Å²) in [5.74, 6) is -0.472. The first kappa shape index (κ1) is 14.0. The van der Waals surface area contributed by atoms with Gasteiger partial charge in [0.1, 0.15) is 0 Å². The molecule has 0 radical (unpaired) electrons. The van der Waals surface area contributed by atoms with Gasteiger partial charge in [0.2, 0.25) is 0 Å². The van der Waals surface area contributed by atoms with Crippen LogP contribution in [-0.2, 0) is 0 Å². The molecule has 2 aromatic carbocycles. The highest BCUT2D eigenvalue weighted by atomic mass is 127. The van der Waals surface area contributed by atoms with E-state index in [1.807, 2.05) is 24.3 Å². The maximum Gasteiger partial charge on any atom is 0.417 e. The lowest BCUT2D eigenvalue weighted by Gasteiger charge is -2.11. The Morgan fingerprint density at radius 2 is 1.85 bits per heavy atom. The molecule has 3 aromatic rings. The Morgan fingerprint density at radius 1 is 1.15 bits per heavy atom. The molecule has 0 saturated carbocycles. The van der Waals surface area contributed by atoms with E-state index in [4.69, 9.17) is 27.6 Å². The van der Waals surface area contributed by atoms with Gasteiger partial charge >= 0.3 is 5.76 Å². The number of alkyl halides is 1. The van der Waals surface area contributed by atoms with E-state index >= 15 is 0 Å². The molecule has 3 rings (SSSR count). The van der Waals surface area contributed by atoms with E-state index in [0.29, 0.717) is 16.1 Å². The Kier molecular flexibility index (Phi) is 3.79.